The number of ether oxygens (including phenoxy) is 1. The van der Waals surface area contributed by atoms with Crippen LogP contribution >= 0.6 is 0 Å². The van der Waals surface area contributed by atoms with Crippen molar-refractivity contribution in [2.45, 2.75) is 37.4 Å². The van der Waals surface area contributed by atoms with Crippen LogP contribution < -0.4 is 15.8 Å². The van der Waals surface area contributed by atoms with Crippen molar-refractivity contribution in [1.29, 1.82) is 0 Å². The van der Waals surface area contributed by atoms with Gasteiger partial charge in [-0.05, 0) is 41.7 Å². The van der Waals surface area contributed by atoms with Crippen LogP contribution in [0, 0.1) is 0 Å². The van der Waals surface area contributed by atoms with Gasteiger partial charge in [0.15, 0.2) is 0 Å². The molecule has 1 aliphatic heterocycles. The number of carbonyl (C=O) groups excluding carboxylic acids is 2. The molecule has 0 aromatic heterocycles. The first-order chi connectivity index (χ1) is 16.6. The Morgan fingerprint density at radius 1 is 1.00 bits per heavy atom. The van der Waals surface area contributed by atoms with Crippen LogP contribution in [-0.2, 0) is 16.1 Å². The van der Waals surface area contributed by atoms with E-state index in [4.69, 9.17) is 10.5 Å². The summed E-state index contributed by atoms with van der Waals surface area (Å²) in [6.07, 6.45) is 1.40. The normalized spacial score (nSPS) is 16.3. The molecule has 3 N–H and O–H groups in total. The number of methoxy groups -OCH3 is 1. The Labute approximate surface area is 200 Å². The average molecular weight is 458 g/mol. The van der Waals surface area contributed by atoms with Gasteiger partial charge >= 0.3 is 0 Å². The minimum atomic E-state index is -0.795. The van der Waals surface area contributed by atoms with Gasteiger partial charge in [-0.3, -0.25) is 9.59 Å². The van der Waals surface area contributed by atoms with E-state index in [0.717, 1.165) is 28.9 Å². The number of nitrogens with one attached hydrogen (secondary N) is 1. The van der Waals surface area contributed by atoms with Gasteiger partial charge in [-0.2, -0.15) is 0 Å². The SMILES string of the molecule is COc1cccc(CNC(=O)[C@@H]2CCCN2C(=O)C(N)C(c2ccccc2)c2ccccc2)c1. The van der Waals surface area contributed by atoms with Crippen molar-refractivity contribution in [1.82, 2.24) is 10.2 Å². The fourth-order valence-corrected chi connectivity index (χ4v) is 4.65. The Morgan fingerprint density at radius 2 is 1.65 bits per heavy atom. The first kappa shape index (κ1) is 23.5. The summed E-state index contributed by atoms with van der Waals surface area (Å²) in [7, 11) is 1.61. The van der Waals surface area contributed by atoms with Crippen LogP contribution in [0.5, 0.6) is 5.75 Å². The van der Waals surface area contributed by atoms with Gasteiger partial charge in [0.2, 0.25) is 11.8 Å². The number of hydrogen-bond donors (Lipinski definition) is 2. The molecule has 2 atom stereocenters. The third-order valence-electron chi connectivity index (χ3n) is 6.40. The van der Waals surface area contributed by atoms with Crippen molar-refractivity contribution in [3.8, 4) is 5.75 Å². The fourth-order valence-electron chi connectivity index (χ4n) is 4.65. The zero-order chi connectivity index (χ0) is 23.9. The van der Waals surface area contributed by atoms with Gasteiger partial charge in [0, 0.05) is 19.0 Å². The van der Waals surface area contributed by atoms with Crippen molar-refractivity contribution in [3.05, 3.63) is 102 Å². The maximum absolute atomic E-state index is 13.6. The molecule has 1 aliphatic rings. The topological polar surface area (TPSA) is 84.7 Å². The Bertz CT molecular complexity index is 1060. The maximum atomic E-state index is 13.6. The quantitative estimate of drug-likeness (QED) is 0.543. The molecule has 6 heteroatoms. The molecule has 0 saturated carbocycles. The van der Waals surface area contributed by atoms with E-state index >= 15 is 0 Å². The number of nitrogens with two attached hydrogens (primary N) is 1. The van der Waals surface area contributed by atoms with Gasteiger partial charge < -0.3 is 20.7 Å². The molecule has 3 aromatic rings. The molecule has 0 bridgehead atoms. The second kappa shape index (κ2) is 11.0. The highest BCUT2D eigenvalue weighted by Gasteiger charge is 2.39. The molecule has 6 nitrogen and oxygen atoms in total. The average Bonchev–Trinajstić information content (AvgIpc) is 3.38. The predicted molar refractivity (Wildman–Crippen MR) is 132 cm³/mol. The van der Waals surface area contributed by atoms with Gasteiger partial charge in [0.1, 0.15) is 11.8 Å². The van der Waals surface area contributed by atoms with E-state index < -0.39 is 12.1 Å². The summed E-state index contributed by atoms with van der Waals surface area (Å²) in [5.74, 6) is 0.0906. The molecule has 1 heterocycles. The van der Waals surface area contributed by atoms with Crippen molar-refractivity contribution in [3.63, 3.8) is 0 Å². The molecular formula is C28H31N3O3. The second-order valence-corrected chi connectivity index (χ2v) is 8.58. The molecule has 0 aliphatic carbocycles. The molecule has 34 heavy (non-hydrogen) atoms. The molecule has 3 aromatic carbocycles. The molecule has 1 unspecified atom stereocenters. The highest BCUT2D eigenvalue weighted by atomic mass is 16.5. The Hall–Kier alpha value is -3.64. The lowest BCUT2D eigenvalue weighted by Crippen LogP contribution is -2.52. The molecule has 176 valence electrons. The summed E-state index contributed by atoms with van der Waals surface area (Å²) in [5.41, 5.74) is 9.53. The van der Waals surface area contributed by atoms with E-state index in [1.165, 1.54) is 0 Å². The highest BCUT2D eigenvalue weighted by molar-refractivity contribution is 5.91. The number of nitrogens with zero attached hydrogens (tertiary/aromatic N) is 1. The Kier molecular flexibility index (Phi) is 7.60. The number of benzene rings is 3. The summed E-state index contributed by atoms with van der Waals surface area (Å²) in [6.45, 7) is 0.900. The molecular weight excluding hydrogens is 426 g/mol. The van der Waals surface area contributed by atoms with Crippen LogP contribution in [0.4, 0.5) is 0 Å². The Balaban J connectivity index is 1.49. The van der Waals surface area contributed by atoms with Crippen molar-refractivity contribution in [2.24, 2.45) is 5.73 Å². The van der Waals surface area contributed by atoms with Gasteiger partial charge in [0.05, 0.1) is 13.2 Å². The minimum Gasteiger partial charge on any atom is -0.497 e. The van der Waals surface area contributed by atoms with E-state index in [2.05, 4.69) is 5.32 Å². The summed E-state index contributed by atoms with van der Waals surface area (Å²) < 4.78 is 5.25. The smallest absolute Gasteiger partial charge is 0.243 e. The van der Waals surface area contributed by atoms with Crippen LogP contribution in [0.25, 0.3) is 0 Å². The van der Waals surface area contributed by atoms with Crippen molar-refractivity contribution in [2.75, 3.05) is 13.7 Å². The monoisotopic (exact) mass is 457 g/mol. The van der Waals surface area contributed by atoms with Crippen LogP contribution in [0.2, 0.25) is 0 Å². The molecule has 0 spiro atoms. The molecule has 2 amide bonds. The zero-order valence-electron chi connectivity index (χ0n) is 19.4. The summed E-state index contributed by atoms with van der Waals surface area (Å²) in [5, 5.41) is 2.98. The second-order valence-electron chi connectivity index (χ2n) is 8.58. The number of carbonyl (C=O) groups is 2. The highest BCUT2D eigenvalue weighted by Crippen LogP contribution is 2.30. The summed E-state index contributed by atoms with van der Waals surface area (Å²) >= 11 is 0. The number of hydrogen-bond acceptors (Lipinski definition) is 4. The molecule has 1 saturated heterocycles. The number of amides is 2. The standard InChI is InChI=1S/C28H31N3O3/c1-34-23-15-8-10-20(18-23)19-30-27(32)24-16-9-17-31(24)28(33)26(29)25(21-11-4-2-5-12-21)22-13-6-3-7-14-22/h2-8,10-15,18,24-26H,9,16-17,19,29H2,1H3,(H,30,32)/t24-,26?/m0/s1. The van der Waals surface area contributed by atoms with E-state index in [9.17, 15) is 9.59 Å². The lowest BCUT2D eigenvalue weighted by atomic mass is 9.84. The van der Waals surface area contributed by atoms with Gasteiger partial charge in [-0.15, -0.1) is 0 Å². The summed E-state index contributed by atoms with van der Waals surface area (Å²) in [6, 6.07) is 25.9. The van der Waals surface area contributed by atoms with Gasteiger partial charge in [0.25, 0.3) is 0 Å². The van der Waals surface area contributed by atoms with E-state index in [0.29, 0.717) is 19.5 Å². The van der Waals surface area contributed by atoms with E-state index in [1.807, 2.05) is 84.9 Å². The lowest BCUT2D eigenvalue weighted by Gasteiger charge is -2.31. The third kappa shape index (κ3) is 5.29. The largest absolute Gasteiger partial charge is 0.497 e. The number of rotatable bonds is 8. The van der Waals surface area contributed by atoms with Gasteiger partial charge in [-0.25, -0.2) is 0 Å². The fraction of sp³-hybridized carbons (Fsp3) is 0.286. The molecule has 4 rings (SSSR count). The van der Waals surface area contributed by atoms with Crippen LogP contribution in [-0.4, -0.2) is 42.5 Å². The van der Waals surface area contributed by atoms with Gasteiger partial charge in [-0.1, -0.05) is 72.8 Å². The first-order valence-corrected chi connectivity index (χ1v) is 11.6. The Morgan fingerprint density at radius 3 is 2.26 bits per heavy atom. The van der Waals surface area contributed by atoms with Crippen LogP contribution in [0.15, 0.2) is 84.9 Å². The van der Waals surface area contributed by atoms with E-state index in [-0.39, 0.29) is 17.7 Å². The number of likely N-dealkylation sites (tertiary alicyclic amines) is 1. The van der Waals surface area contributed by atoms with Crippen molar-refractivity contribution >= 4 is 11.8 Å². The third-order valence-corrected chi connectivity index (χ3v) is 6.40. The molecule has 0 radical (unpaired) electrons. The lowest BCUT2D eigenvalue weighted by molar-refractivity contribution is -0.139. The predicted octanol–water partition coefficient (Wildman–Crippen LogP) is 3.46. The minimum absolute atomic E-state index is 0.156. The van der Waals surface area contributed by atoms with Crippen molar-refractivity contribution < 1.29 is 14.3 Å². The zero-order valence-corrected chi connectivity index (χ0v) is 19.4. The first-order valence-electron chi connectivity index (χ1n) is 11.6. The van der Waals surface area contributed by atoms with E-state index in [1.54, 1.807) is 12.0 Å². The maximum Gasteiger partial charge on any atom is 0.243 e. The van der Waals surface area contributed by atoms with Crippen LogP contribution in [0.3, 0.4) is 0 Å². The van der Waals surface area contributed by atoms with Crippen LogP contribution in [0.1, 0.15) is 35.4 Å². The molecule has 1 fully saturated rings. The summed E-state index contributed by atoms with van der Waals surface area (Å²) in [4.78, 5) is 28.3.